The molecule has 0 aromatic carbocycles. The molecule has 7 heteroatoms. The summed E-state index contributed by atoms with van der Waals surface area (Å²) in [5.41, 5.74) is 0. The topological polar surface area (TPSA) is 80.4 Å². The fourth-order valence-electron chi connectivity index (χ4n) is 0.479. The summed E-state index contributed by atoms with van der Waals surface area (Å²) in [6.45, 7) is -0.588. The lowest BCUT2D eigenvalue weighted by atomic mass is 10.2. The molecule has 0 amide bonds. The summed E-state index contributed by atoms with van der Waals surface area (Å²) < 4.78 is 24.5. The number of carbonyl (C=O) groups is 1. The molecule has 0 spiro atoms. The van der Waals surface area contributed by atoms with Crippen LogP contribution in [0.25, 0.3) is 0 Å². The normalized spacial score (nSPS) is 11.8. The number of rotatable bonds is 5. The van der Waals surface area contributed by atoms with Gasteiger partial charge in [0.25, 0.3) is 0 Å². The number of alkyl halides is 2. The third-order valence-electron chi connectivity index (χ3n) is 1.11. The Bertz CT molecular complexity index is 239. The Morgan fingerprint density at radius 2 is 2.08 bits per heavy atom. The summed E-state index contributed by atoms with van der Waals surface area (Å²) in [5.74, 6) is -6.09. The van der Waals surface area contributed by atoms with Crippen LogP contribution in [0.15, 0.2) is 12.2 Å². The second kappa shape index (κ2) is 4.48. The van der Waals surface area contributed by atoms with Crippen LogP contribution in [-0.4, -0.2) is 28.5 Å². The number of nitrogens with zero attached hydrogens (tertiary/aromatic N) is 1. The highest BCUT2D eigenvalue weighted by Crippen LogP contribution is 2.18. The number of carboxylic acids is 1. The predicted octanol–water partition coefficient (Wildman–Crippen LogP) is 0.929. The Kier molecular flexibility index (Phi) is 3.96. The molecule has 0 radical (unpaired) electrons. The number of aliphatic carboxylic acids is 1. The van der Waals surface area contributed by atoms with Gasteiger partial charge in [0.2, 0.25) is 6.54 Å². The third kappa shape index (κ3) is 4.83. The molecule has 0 aliphatic heterocycles. The Labute approximate surface area is 71.8 Å². The summed E-state index contributed by atoms with van der Waals surface area (Å²) in [5, 5.41) is 17.6. The molecule has 0 aliphatic carbocycles. The minimum absolute atomic E-state index is 0.588. The summed E-state index contributed by atoms with van der Waals surface area (Å²) in [6, 6.07) is 0. The van der Waals surface area contributed by atoms with E-state index in [1.54, 1.807) is 0 Å². The van der Waals surface area contributed by atoms with Crippen LogP contribution in [0, 0.1) is 10.1 Å². The second-order valence-electron chi connectivity index (χ2n) is 2.20. The zero-order valence-electron chi connectivity index (χ0n) is 6.44. The van der Waals surface area contributed by atoms with Gasteiger partial charge in [-0.25, -0.2) is 4.79 Å². The van der Waals surface area contributed by atoms with Gasteiger partial charge in [-0.15, -0.1) is 0 Å². The number of halogens is 2. The molecule has 5 nitrogen and oxygen atoms in total. The van der Waals surface area contributed by atoms with Gasteiger partial charge in [-0.1, -0.05) is 6.08 Å². The molecule has 0 saturated carbocycles. The van der Waals surface area contributed by atoms with Gasteiger partial charge in [-0.2, -0.15) is 8.78 Å². The van der Waals surface area contributed by atoms with Crippen molar-refractivity contribution in [1.82, 2.24) is 0 Å². The standard InChI is InChI=1S/C6H7F2NO4/c7-6(8,5(10)11)3-1-2-4-9(12)13/h1-2H,3-4H2,(H,10,11). The maximum absolute atomic E-state index is 12.3. The van der Waals surface area contributed by atoms with E-state index in [0.717, 1.165) is 12.2 Å². The maximum atomic E-state index is 12.3. The van der Waals surface area contributed by atoms with Crippen molar-refractivity contribution >= 4 is 5.97 Å². The van der Waals surface area contributed by atoms with Crippen LogP contribution < -0.4 is 0 Å². The van der Waals surface area contributed by atoms with Crippen molar-refractivity contribution in [3.63, 3.8) is 0 Å². The van der Waals surface area contributed by atoms with Crippen LogP contribution in [-0.2, 0) is 4.79 Å². The van der Waals surface area contributed by atoms with Gasteiger partial charge in [-0.3, -0.25) is 10.1 Å². The highest BCUT2D eigenvalue weighted by Gasteiger charge is 2.36. The first-order valence-corrected chi connectivity index (χ1v) is 3.24. The average Bonchev–Trinajstić information content (AvgIpc) is 1.97. The second-order valence-corrected chi connectivity index (χ2v) is 2.20. The molecular formula is C6H7F2NO4. The highest BCUT2D eigenvalue weighted by molar-refractivity contribution is 5.75. The molecule has 0 rings (SSSR count). The van der Waals surface area contributed by atoms with Gasteiger partial charge in [0.1, 0.15) is 0 Å². The SMILES string of the molecule is O=C(O)C(F)(F)CC=CC[N+](=O)[O-]. The number of hydrogen-bond donors (Lipinski definition) is 1. The van der Waals surface area contributed by atoms with Crippen LogP contribution in [0.1, 0.15) is 6.42 Å². The zero-order valence-corrected chi connectivity index (χ0v) is 6.44. The molecular weight excluding hydrogens is 188 g/mol. The lowest BCUT2D eigenvalue weighted by Gasteiger charge is -2.06. The van der Waals surface area contributed by atoms with Gasteiger partial charge >= 0.3 is 11.9 Å². The van der Waals surface area contributed by atoms with Crippen molar-refractivity contribution in [3.8, 4) is 0 Å². The summed E-state index contributed by atoms with van der Waals surface area (Å²) in [7, 11) is 0. The lowest BCUT2D eigenvalue weighted by molar-refractivity contribution is -0.468. The Hall–Kier alpha value is -1.53. The van der Waals surface area contributed by atoms with Crippen LogP contribution in [0.3, 0.4) is 0 Å². The minimum atomic E-state index is -3.85. The van der Waals surface area contributed by atoms with E-state index in [-0.39, 0.29) is 0 Å². The summed E-state index contributed by atoms with van der Waals surface area (Å²) >= 11 is 0. The van der Waals surface area contributed by atoms with Gasteiger partial charge in [0.05, 0.1) is 0 Å². The van der Waals surface area contributed by atoms with Crippen molar-refractivity contribution in [2.45, 2.75) is 12.3 Å². The molecule has 0 unspecified atom stereocenters. The minimum Gasteiger partial charge on any atom is -0.477 e. The van der Waals surface area contributed by atoms with Gasteiger partial charge < -0.3 is 5.11 Å². The number of carboxylic acid groups (broad SMARTS) is 1. The van der Waals surface area contributed by atoms with E-state index >= 15 is 0 Å². The van der Waals surface area contributed by atoms with E-state index < -0.39 is 29.8 Å². The van der Waals surface area contributed by atoms with Gasteiger partial charge in [-0.05, 0) is 6.08 Å². The molecule has 1 N–H and O–H groups in total. The number of nitro groups is 1. The fourth-order valence-corrected chi connectivity index (χ4v) is 0.479. The molecule has 0 heterocycles. The van der Waals surface area contributed by atoms with E-state index in [1.165, 1.54) is 0 Å². The number of allylic oxidation sites excluding steroid dienone is 1. The Morgan fingerprint density at radius 1 is 1.54 bits per heavy atom. The molecule has 0 saturated heterocycles. The maximum Gasteiger partial charge on any atom is 0.374 e. The van der Waals surface area contributed by atoms with Crippen LogP contribution in [0.4, 0.5) is 8.78 Å². The molecule has 74 valence electrons. The van der Waals surface area contributed by atoms with Crippen LogP contribution in [0.2, 0.25) is 0 Å². The van der Waals surface area contributed by atoms with Crippen LogP contribution >= 0.6 is 0 Å². The van der Waals surface area contributed by atoms with Crippen molar-refractivity contribution in [3.05, 3.63) is 22.3 Å². The van der Waals surface area contributed by atoms with Crippen molar-refractivity contribution in [2.24, 2.45) is 0 Å². The fraction of sp³-hybridized carbons (Fsp3) is 0.500. The van der Waals surface area contributed by atoms with Crippen molar-refractivity contribution < 1.29 is 23.6 Å². The van der Waals surface area contributed by atoms with E-state index in [2.05, 4.69) is 0 Å². The monoisotopic (exact) mass is 195 g/mol. The largest absolute Gasteiger partial charge is 0.477 e. The molecule has 13 heavy (non-hydrogen) atoms. The lowest BCUT2D eigenvalue weighted by Crippen LogP contribution is -2.27. The third-order valence-corrected chi connectivity index (χ3v) is 1.11. The highest BCUT2D eigenvalue weighted by atomic mass is 19.3. The van der Waals surface area contributed by atoms with Gasteiger partial charge in [0.15, 0.2) is 0 Å². The van der Waals surface area contributed by atoms with Crippen molar-refractivity contribution in [1.29, 1.82) is 0 Å². The Morgan fingerprint density at radius 3 is 2.46 bits per heavy atom. The first kappa shape index (κ1) is 11.5. The zero-order chi connectivity index (χ0) is 10.5. The first-order valence-electron chi connectivity index (χ1n) is 3.24. The summed E-state index contributed by atoms with van der Waals surface area (Å²) in [4.78, 5) is 18.8. The van der Waals surface area contributed by atoms with Crippen molar-refractivity contribution in [2.75, 3.05) is 6.54 Å². The quantitative estimate of drug-likeness (QED) is 0.402. The van der Waals surface area contributed by atoms with E-state index in [0.29, 0.717) is 0 Å². The smallest absolute Gasteiger partial charge is 0.374 e. The molecule has 0 aromatic heterocycles. The molecule has 0 fully saturated rings. The molecule has 0 aromatic rings. The molecule has 0 bridgehead atoms. The summed E-state index contributed by atoms with van der Waals surface area (Å²) in [6.07, 6.45) is 0.629. The van der Waals surface area contributed by atoms with Crippen LogP contribution in [0.5, 0.6) is 0 Å². The van der Waals surface area contributed by atoms with E-state index in [9.17, 15) is 23.7 Å². The number of hydrogen-bond acceptors (Lipinski definition) is 3. The molecule has 0 aliphatic rings. The predicted molar refractivity (Wildman–Crippen MR) is 38.2 cm³/mol. The Balaban J connectivity index is 3.94. The van der Waals surface area contributed by atoms with Gasteiger partial charge in [0, 0.05) is 11.3 Å². The van der Waals surface area contributed by atoms with E-state index in [4.69, 9.17) is 5.11 Å². The first-order chi connectivity index (χ1) is 5.86. The molecule has 0 atom stereocenters. The van der Waals surface area contributed by atoms with E-state index in [1.807, 2.05) is 0 Å². The average molecular weight is 195 g/mol.